The summed E-state index contributed by atoms with van der Waals surface area (Å²) in [6.07, 6.45) is 1.35. The summed E-state index contributed by atoms with van der Waals surface area (Å²) in [4.78, 5) is 35.4. The smallest absolute Gasteiger partial charge is 0.349 e. The summed E-state index contributed by atoms with van der Waals surface area (Å²) >= 11 is 0. The molecule has 0 bridgehead atoms. The Morgan fingerprint density at radius 1 is 1.03 bits per heavy atom. The molecule has 8 heteroatoms. The van der Waals surface area contributed by atoms with E-state index in [1.165, 1.54) is 44.6 Å². The molecule has 2 rings (SSSR count). The van der Waals surface area contributed by atoms with Gasteiger partial charge in [0.15, 0.2) is 6.61 Å². The van der Waals surface area contributed by atoms with Crippen molar-refractivity contribution in [1.29, 1.82) is 5.26 Å². The number of esters is 2. The fraction of sp³-hybridized carbons (Fsp3) is 0.143. The number of benzene rings is 2. The molecule has 0 saturated carbocycles. The van der Waals surface area contributed by atoms with Crippen LogP contribution in [0.5, 0.6) is 5.75 Å². The Bertz CT molecular complexity index is 956. The Balaban J connectivity index is 1.92. The number of anilines is 1. The summed E-state index contributed by atoms with van der Waals surface area (Å²) in [6, 6.07) is 14.5. The molecule has 0 saturated heterocycles. The summed E-state index contributed by atoms with van der Waals surface area (Å²) in [5, 5.41) is 11.7. The van der Waals surface area contributed by atoms with Crippen molar-refractivity contribution in [2.45, 2.75) is 0 Å². The van der Waals surface area contributed by atoms with Crippen LogP contribution < -0.4 is 10.1 Å². The van der Waals surface area contributed by atoms with Gasteiger partial charge in [0.25, 0.3) is 5.91 Å². The molecule has 29 heavy (non-hydrogen) atoms. The molecule has 0 fully saturated rings. The van der Waals surface area contributed by atoms with E-state index < -0.39 is 24.5 Å². The lowest BCUT2D eigenvalue weighted by atomic mass is 10.1. The van der Waals surface area contributed by atoms with Gasteiger partial charge in [-0.05, 0) is 48.0 Å². The fourth-order valence-electron chi connectivity index (χ4n) is 2.22. The van der Waals surface area contributed by atoms with Gasteiger partial charge in [-0.3, -0.25) is 4.79 Å². The number of rotatable bonds is 7. The second kappa shape index (κ2) is 10.3. The zero-order chi connectivity index (χ0) is 21.2. The van der Waals surface area contributed by atoms with E-state index in [-0.39, 0.29) is 5.57 Å². The van der Waals surface area contributed by atoms with E-state index >= 15 is 0 Å². The van der Waals surface area contributed by atoms with Crippen LogP contribution in [0.1, 0.15) is 15.9 Å². The van der Waals surface area contributed by atoms with Gasteiger partial charge in [0.1, 0.15) is 17.4 Å². The van der Waals surface area contributed by atoms with Crippen LogP contribution in [0.25, 0.3) is 6.08 Å². The molecule has 0 aromatic heterocycles. The number of nitriles is 1. The van der Waals surface area contributed by atoms with Crippen molar-refractivity contribution in [3.05, 3.63) is 65.2 Å². The zero-order valence-corrected chi connectivity index (χ0v) is 15.8. The first-order valence-corrected chi connectivity index (χ1v) is 8.38. The molecule has 148 valence electrons. The van der Waals surface area contributed by atoms with Crippen molar-refractivity contribution in [1.82, 2.24) is 0 Å². The third-order valence-corrected chi connectivity index (χ3v) is 3.69. The van der Waals surface area contributed by atoms with Crippen molar-refractivity contribution in [3.63, 3.8) is 0 Å². The number of carbonyl (C=O) groups excluding carboxylic acids is 3. The number of hydrogen-bond acceptors (Lipinski definition) is 7. The number of hydrogen-bond donors (Lipinski definition) is 1. The van der Waals surface area contributed by atoms with Gasteiger partial charge >= 0.3 is 11.9 Å². The van der Waals surface area contributed by atoms with Crippen LogP contribution in [0, 0.1) is 11.3 Å². The molecule has 2 aromatic carbocycles. The number of amides is 1. The van der Waals surface area contributed by atoms with Crippen molar-refractivity contribution in [3.8, 4) is 11.8 Å². The number of carbonyl (C=O) groups is 3. The first-order valence-electron chi connectivity index (χ1n) is 8.38. The molecule has 8 nitrogen and oxygen atoms in total. The van der Waals surface area contributed by atoms with Crippen LogP contribution in [0.15, 0.2) is 54.1 Å². The van der Waals surface area contributed by atoms with Crippen molar-refractivity contribution in [2.75, 3.05) is 26.1 Å². The summed E-state index contributed by atoms with van der Waals surface area (Å²) in [7, 11) is 2.80. The molecule has 1 amide bonds. The number of nitrogens with one attached hydrogen (secondary N) is 1. The van der Waals surface area contributed by atoms with Crippen LogP contribution in [0.3, 0.4) is 0 Å². The minimum Gasteiger partial charge on any atom is -0.497 e. The maximum Gasteiger partial charge on any atom is 0.349 e. The lowest BCUT2D eigenvalue weighted by Gasteiger charge is -2.07. The topological polar surface area (TPSA) is 115 Å². The predicted molar refractivity (Wildman–Crippen MR) is 104 cm³/mol. The molecule has 0 aliphatic carbocycles. The van der Waals surface area contributed by atoms with E-state index in [0.29, 0.717) is 22.6 Å². The highest BCUT2D eigenvalue weighted by atomic mass is 16.5. The van der Waals surface area contributed by atoms with Gasteiger partial charge in [0, 0.05) is 5.69 Å². The Morgan fingerprint density at radius 3 is 2.24 bits per heavy atom. The van der Waals surface area contributed by atoms with Crippen LogP contribution in [0.4, 0.5) is 5.69 Å². The summed E-state index contributed by atoms with van der Waals surface area (Å²) < 4.78 is 14.5. The van der Waals surface area contributed by atoms with Crippen LogP contribution >= 0.6 is 0 Å². The summed E-state index contributed by atoms with van der Waals surface area (Å²) in [5.41, 5.74) is 1.10. The lowest BCUT2D eigenvalue weighted by Crippen LogP contribution is -2.21. The summed E-state index contributed by atoms with van der Waals surface area (Å²) in [5.74, 6) is -1.37. The first-order chi connectivity index (χ1) is 14.0. The molecule has 2 aromatic rings. The monoisotopic (exact) mass is 394 g/mol. The first kappa shape index (κ1) is 21.2. The molecule has 0 unspecified atom stereocenters. The second-order valence-electron chi connectivity index (χ2n) is 5.64. The molecule has 0 heterocycles. The fourth-order valence-corrected chi connectivity index (χ4v) is 2.22. The highest BCUT2D eigenvalue weighted by Gasteiger charge is 2.14. The van der Waals surface area contributed by atoms with E-state index in [4.69, 9.17) is 14.7 Å². The molecule has 0 aliphatic rings. The highest BCUT2D eigenvalue weighted by molar-refractivity contribution is 6.00. The number of ether oxygens (including phenoxy) is 3. The zero-order valence-electron chi connectivity index (χ0n) is 15.8. The minimum absolute atomic E-state index is 0.245. The second-order valence-corrected chi connectivity index (χ2v) is 5.64. The highest BCUT2D eigenvalue weighted by Crippen LogP contribution is 2.14. The average molecular weight is 394 g/mol. The molecule has 0 aliphatic heterocycles. The third-order valence-electron chi connectivity index (χ3n) is 3.69. The van der Waals surface area contributed by atoms with E-state index in [1.54, 1.807) is 30.3 Å². The lowest BCUT2D eigenvalue weighted by molar-refractivity contribution is -0.142. The largest absolute Gasteiger partial charge is 0.497 e. The molecular weight excluding hydrogens is 376 g/mol. The van der Waals surface area contributed by atoms with Crippen molar-refractivity contribution in [2.24, 2.45) is 0 Å². The van der Waals surface area contributed by atoms with Crippen LogP contribution in [-0.2, 0) is 19.1 Å². The van der Waals surface area contributed by atoms with Crippen molar-refractivity contribution >= 4 is 29.6 Å². The maximum absolute atomic E-state index is 12.0. The van der Waals surface area contributed by atoms with E-state index in [0.717, 1.165) is 0 Å². The van der Waals surface area contributed by atoms with E-state index in [9.17, 15) is 14.4 Å². The van der Waals surface area contributed by atoms with Crippen LogP contribution in [0.2, 0.25) is 0 Å². The van der Waals surface area contributed by atoms with E-state index in [2.05, 4.69) is 10.1 Å². The molecular formula is C21H18N2O6. The van der Waals surface area contributed by atoms with Gasteiger partial charge in [0.2, 0.25) is 0 Å². The Kier molecular flexibility index (Phi) is 7.51. The van der Waals surface area contributed by atoms with Gasteiger partial charge in [-0.25, -0.2) is 9.59 Å². The van der Waals surface area contributed by atoms with Gasteiger partial charge in [0.05, 0.1) is 19.8 Å². The average Bonchev–Trinajstić information content (AvgIpc) is 2.76. The predicted octanol–water partition coefficient (Wildman–Crippen LogP) is 2.57. The molecule has 0 spiro atoms. The molecule has 0 radical (unpaired) electrons. The number of methoxy groups -OCH3 is 2. The standard InChI is InChI=1S/C21H18N2O6/c1-27-18-9-3-14(4-10-18)11-16(12-22)21(26)29-13-19(24)23-17-7-5-15(6-8-17)20(25)28-2/h3-11H,13H2,1-2H3,(H,23,24)/b16-11+. The normalized spacial score (nSPS) is 10.4. The Labute approximate surface area is 167 Å². The SMILES string of the molecule is COC(=O)c1ccc(NC(=O)COC(=O)/C(C#N)=C/c2ccc(OC)cc2)cc1. The summed E-state index contributed by atoms with van der Waals surface area (Å²) in [6.45, 7) is -0.570. The maximum atomic E-state index is 12.0. The number of nitrogens with zero attached hydrogens (tertiary/aromatic N) is 1. The van der Waals surface area contributed by atoms with Gasteiger partial charge in [-0.2, -0.15) is 5.26 Å². The van der Waals surface area contributed by atoms with Crippen LogP contribution in [-0.4, -0.2) is 38.7 Å². The molecule has 0 atom stereocenters. The Morgan fingerprint density at radius 2 is 1.69 bits per heavy atom. The van der Waals surface area contributed by atoms with Gasteiger partial charge < -0.3 is 19.5 Å². The van der Waals surface area contributed by atoms with Gasteiger partial charge in [-0.15, -0.1) is 0 Å². The minimum atomic E-state index is -0.917. The van der Waals surface area contributed by atoms with E-state index in [1.807, 2.05) is 0 Å². The quantitative estimate of drug-likeness (QED) is 0.436. The third kappa shape index (κ3) is 6.22. The molecule has 1 N–H and O–H groups in total. The Hall–Kier alpha value is -4.12. The van der Waals surface area contributed by atoms with Gasteiger partial charge in [-0.1, -0.05) is 12.1 Å². The van der Waals surface area contributed by atoms with Crippen molar-refractivity contribution < 1.29 is 28.6 Å².